The van der Waals surface area contributed by atoms with Crippen molar-refractivity contribution in [1.29, 1.82) is 0 Å². The molecule has 0 saturated heterocycles. The fraction of sp³-hybridized carbons (Fsp3) is 0.174. The van der Waals surface area contributed by atoms with Gasteiger partial charge in [-0.1, -0.05) is 74.4 Å². The van der Waals surface area contributed by atoms with Gasteiger partial charge in [0.15, 0.2) is 0 Å². The summed E-state index contributed by atoms with van der Waals surface area (Å²) in [6, 6.07) is 24.7. The number of aryl methyl sites for hydroxylation is 1. The molecule has 0 bridgehead atoms. The molecule has 0 atom stereocenters. The molecule has 0 aliphatic rings. The number of hydrogen-bond donors (Lipinski definition) is 0. The van der Waals surface area contributed by atoms with E-state index in [1.807, 2.05) is 0 Å². The molecule has 0 heterocycles. The molecular weight excluding hydrogens is 438 g/mol. The first-order valence-electron chi connectivity index (χ1n) is 8.70. The summed E-state index contributed by atoms with van der Waals surface area (Å²) < 4.78 is 0. The summed E-state index contributed by atoms with van der Waals surface area (Å²) in [7, 11) is 9.87. The first kappa shape index (κ1) is 19.7. The van der Waals surface area contributed by atoms with E-state index in [0.29, 0.717) is 5.92 Å². The Morgan fingerprint density at radius 1 is 0.885 bits per heavy atom. The molecule has 0 unspecified atom stereocenters. The second-order valence-corrected chi connectivity index (χ2v) is 10.6. The van der Waals surface area contributed by atoms with E-state index >= 15 is 0 Å². The Bertz CT molecular complexity index is 1030. The first-order valence-corrected chi connectivity index (χ1v) is 15.0. The van der Waals surface area contributed by atoms with Crippen LogP contribution in [0.15, 0.2) is 66.7 Å². The molecule has 0 saturated carbocycles. The van der Waals surface area contributed by atoms with Gasteiger partial charge < -0.3 is 0 Å². The minimum absolute atomic E-state index is 0.536. The molecule has 0 nitrogen and oxygen atoms in total. The van der Waals surface area contributed by atoms with Gasteiger partial charge >= 0.3 is 37.9 Å². The van der Waals surface area contributed by atoms with E-state index in [1.165, 1.54) is 43.8 Å². The molecule has 0 aliphatic carbocycles. The van der Waals surface area contributed by atoms with Gasteiger partial charge in [0, 0.05) is 0 Å². The second-order valence-electron chi connectivity index (χ2n) is 6.89. The van der Waals surface area contributed by atoms with Crippen molar-refractivity contribution in [3.8, 4) is 11.1 Å². The maximum absolute atomic E-state index is 4.93. The van der Waals surface area contributed by atoms with Crippen LogP contribution in [0.3, 0.4) is 0 Å². The predicted molar refractivity (Wildman–Crippen MR) is 113 cm³/mol. The molecule has 132 valence electrons. The molecule has 4 rings (SSSR count). The average molecular weight is 460 g/mol. The van der Waals surface area contributed by atoms with Crippen molar-refractivity contribution < 1.29 is 20.8 Å². The van der Waals surface area contributed by atoms with E-state index < -0.39 is 20.8 Å². The number of benzene rings is 3. The fourth-order valence-corrected chi connectivity index (χ4v) is 3.42. The van der Waals surface area contributed by atoms with Crippen LogP contribution in [-0.4, -0.2) is 0 Å². The third-order valence-corrected chi connectivity index (χ3v) is 4.72. The van der Waals surface area contributed by atoms with Gasteiger partial charge in [-0.05, 0) is 28.3 Å². The van der Waals surface area contributed by atoms with E-state index in [2.05, 4.69) is 87.5 Å². The van der Waals surface area contributed by atoms with Crippen LogP contribution in [0.2, 0.25) is 0 Å². The Hall–Kier alpha value is -1.01. The summed E-state index contributed by atoms with van der Waals surface area (Å²) in [5, 5.41) is 5.32. The van der Waals surface area contributed by atoms with Crippen molar-refractivity contribution in [2.75, 3.05) is 0 Å². The van der Waals surface area contributed by atoms with E-state index in [9.17, 15) is 0 Å². The van der Waals surface area contributed by atoms with E-state index in [-0.39, 0.29) is 0 Å². The average Bonchev–Trinajstić information content (AvgIpc) is 3.01. The molecule has 0 aromatic heterocycles. The molecule has 0 spiro atoms. The summed E-state index contributed by atoms with van der Waals surface area (Å²) in [5.74, 6) is 0.536. The number of fused-ring (bicyclic) bond motifs is 2. The van der Waals surface area contributed by atoms with Crippen LogP contribution in [0.4, 0.5) is 0 Å². The molecule has 0 aliphatic heterocycles. The van der Waals surface area contributed by atoms with Crippen molar-refractivity contribution in [3.63, 3.8) is 0 Å². The van der Waals surface area contributed by atoms with Crippen LogP contribution in [0.1, 0.15) is 30.9 Å². The Morgan fingerprint density at radius 2 is 1.58 bits per heavy atom. The SMILES string of the molecule is Cc1cc2c(-c3ccc4ccccc4c3)cc(C(C)C)cc2[cH-]1.[Cl][Zr][Cl]. The molecular formula is C23H21Cl2Zr-. The molecule has 4 aromatic rings. The quantitative estimate of drug-likeness (QED) is 0.265. The topological polar surface area (TPSA) is 0 Å². The van der Waals surface area contributed by atoms with Gasteiger partial charge in [-0.2, -0.15) is 6.07 Å². The van der Waals surface area contributed by atoms with Crippen LogP contribution in [-0.2, 0) is 20.8 Å². The van der Waals surface area contributed by atoms with Crippen molar-refractivity contribution in [2.24, 2.45) is 0 Å². The molecule has 0 fully saturated rings. The van der Waals surface area contributed by atoms with Crippen LogP contribution in [0, 0.1) is 6.92 Å². The van der Waals surface area contributed by atoms with Crippen LogP contribution in [0.25, 0.3) is 32.7 Å². The predicted octanol–water partition coefficient (Wildman–Crippen LogP) is 8.19. The van der Waals surface area contributed by atoms with Crippen molar-refractivity contribution in [1.82, 2.24) is 0 Å². The monoisotopic (exact) mass is 457 g/mol. The Balaban J connectivity index is 0.000000613. The Kier molecular flexibility index (Phi) is 6.67. The van der Waals surface area contributed by atoms with Crippen LogP contribution < -0.4 is 0 Å². The van der Waals surface area contributed by atoms with Crippen molar-refractivity contribution in [2.45, 2.75) is 26.7 Å². The van der Waals surface area contributed by atoms with Gasteiger partial charge in [-0.3, -0.25) is 0 Å². The molecule has 26 heavy (non-hydrogen) atoms. The minimum atomic E-state index is -0.826. The van der Waals surface area contributed by atoms with Crippen LogP contribution in [0.5, 0.6) is 0 Å². The van der Waals surface area contributed by atoms with E-state index in [1.54, 1.807) is 0 Å². The zero-order valence-corrected chi connectivity index (χ0v) is 19.2. The zero-order valence-electron chi connectivity index (χ0n) is 15.2. The summed E-state index contributed by atoms with van der Waals surface area (Å²) in [6.45, 7) is 6.71. The number of halogens is 2. The Morgan fingerprint density at radius 3 is 2.27 bits per heavy atom. The fourth-order valence-electron chi connectivity index (χ4n) is 3.42. The zero-order chi connectivity index (χ0) is 18.7. The van der Waals surface area contributed by atoms with Gasteiger partial charge in [-0.15, -0.1) is 28.5 Å². The number of rotatable bonds is 2. The van der Waals surface area contributed by atoms with Crippen molar-refractivity contribution >= 4 is 38.6 Å². The van der Waals surface area contributed by atoms with Gasteiger partial charge in [-0.25, -0.2) is 0 Å². The van der Waals surface area contributed by atoms with Gasteiger partial charge in [0.05, 0.1) is 0 Å². The van der Waals surface area contributed by atoms with Gasteiger partial charge in [0.1, 0.15) is 0 Å². The summed E-state index contributed by atoms with van der Waals surface area (Å²) in [4.78, 5) is 0. The summed E-state index contributed by atoms with van der Waals surface area (Å²) >= 11 is -0.826. The third kappa shape index (κ3) is 4.28. The van der Waals surface area contributed by atoms with Gasteiger partial charge in [0.2, 0.25) is 0 Å². The molecule has 0 radical (unpaired) electrons. The van der Waals surface area contributed by atoms with E-state index in [4.69, 9.17) is 17.0 Å². The summed E-state index contributed by atoms with van der Waals surface area (Å²) in [6.07, 6.45) is 0. The van der Waals surface area contributed by atoms with Crippen LogP contribution >= 0.6 is 17.0 Å². The Labute approximate surface area is 174 Å². The molecule has 0 N–H and O–H groups in total. The molecule has 0 amide bonds. The molecule has 3 heteroatoms. The standard InChI is InChI=1S/C23H21.2ClH.Zr/c1-15(2)20-13-21-10-16(3)11-22(21)23(14-20)19-9-8-17-6-4-5-7-18(17)12-19;;;/h4-15H,1-3H3;2*1H;/q-1;;;+2/p-2. The van der Waals surface area contributed by atoms with E-state index in [0.717, 1.165) is 0 Å². The maximum atomic E-state index is 4.93. The third-order valence-electron chi connectivity index (χ3n) is 4.72. The second kappa shape index (κ2) is 8.79. The first-order chi connectivity index (χ1) is 12.5. The normalized spacial score (nSPS) is 10.8. The van der Waals surface area contributed by atoms with Gasteiger partial charge in [0.25, 0.3) is 0 Å². The van der Waals surface area contributed by atoms with Crippen molar-refractivity contribution in [3.05, 3.63) is 77.9 Å². The summed E-state index contributed by atoms with van der Waals surface area (Å²) in [5.41, 5.74) is 5.40. The number of hydrogen-bond acceptors (Lipinski definition) is 0. The molecule has 4 aromatic carbocycles.